The van der Waals surface area contributed by atoms with E-state index < -0.39 is 10.1 Å². The van der Waals surface area contributed by atoms with Gasteiger partial charge in [0, 0.05) is 0 Å². The van der Waals surface area contributed by atoms with Gasteiger partial charge in [0.05, 0.1) is 10.6 Å². The summed E-state index contributed by atoms with van der Waals surface area (Å²) in [5.74, 6) is 0. The van der Waals surface area contributed by atoms with Crippen LogP contribution < -0.4 is 0 Å². The Morgan fingerprint density at radius 3 is 2.62 bits per heavy atom. The van der Waals surface area contributed by atoms with Crippen molar-refractivity contribution in [1.82, 2.24) is 20.2 Å². The van der Waals surface area contributed by atoms with Gasteiger partial charge in [-0.3, -0.25) is 4.55 Å². The summed E-state index contributed by atoms with van der Waals surface area (Å²) in [6, 6.07) is 5.65. The third-order valence-electron chi connectivity index (χ3n) is 1.73. The second-order valence-electron chi connectivity index (χ2n) is 2.73. The molecule has 7 nitrogen and oxygen atoms in total. The Labute approximate surface area is 114 Å². The van der Waals surface area contributed by atoms with Crippen LogP contribution in [0.1, 0.15) is 0 Å². The molecule has 0 fully saturated rings. The van der Waals surface area contributed by atoms with Crippen molar-refractivity contribution in [3.05, 3.63) is 30.6 Å². The molecule has 0 aliphatic heterocycles. The van der Waals surface area contributed by atoms with E-state index in [4.69, 9.17) is 4.55 Å². The molecule has 0 atom stereocenters. The van der Waals surface area contributed by atoms with Gasteiger partial charge in [-0.05, 0) is 28.6 Å². The first-order valence-corrected chi connectivity index (χ1v) is 5.32. The molecule has 0 saturated carbocycles. The number of hydrogen-bond acceptors (Lipinski definition) is 5. The molecule has 9 heteroatoms. The van der Waals surface area contributed by atoms with Crippen molar-refractivity contribution >= 4 is 39.7 Å². The Morgan fingerprint density at radius 2 is 2.06 bits per heavy atom. The monoisotopic (exact) mass is 250 g/mol. The number of aromatic nitrogens is 4. The second-order valence-corrected chi connectivity index (χ2v) is 4.15. The van der Waals surface area contributed by atoms with Gasteiger partial charge in [-0.2, -0.15) is 8.42 Å². The predicted molar refractivity (Wildman–Crippen MR) is 56.1 cm³/mol. The van der Waals surface area contributed by atoms with Gasteiger partial charge in [0.1, 0.15) is 6.33 Å². The molecular weight excluding hydrogens is 243 g/mol. The fourth-order valence-electron chi connectivity index (χ4n) is 1.07. The maximum absolute atomic E-state index is 10.8. The first-order chi connectivity index (χ1) is 7.07. The van der Waals surface area contributed by atoms with Gasteiger partial charge in [0.15, 0.2) is 0 Å². The number of benzene rings is 1. The van der Waals surface area contributed by atoms with Crippen molar-refractivity contribution < 1.29 is 13.0 Å². The van der Waals surface area contributed by atoms with Crippen LogP contribution >= 0.6 is 0 Å². The molecule has 0 unspecified atom stereocenters. The molecule has 0 spiro atoms. The summed E-state index contributed by atoms with van der Waals surface area (Å²) < 4.78 is 31.8. The summed E-state index contributed by atoms with van der Waals surface area (Å²) in [5, 5.41) is 10.4. The van der Waals surface area contributed by atoms with E-state index in [0.29, 0.717) is 5.69 Å². The molecule has 1 heterocycles. The van der Waals surface area contributed by atoms with E-state index in [2.05, 4.69) is 15.5 Å². The van der Waals surface area contributed by atoms with Crippen LogP contribution in [0, 0.1) is 0 Å². The van der Waals surface area contributed by atoms with Crippen molar-refractivity contribution in [1.29, 1.82) is 0 Å². The van der Waals surface area contributed by atoms with Crippen molar-refractivity contribution in [2.75, 3.05) is 0 Å². The molecule has 0 saturated heterocycles. The summed E-state index contributed by atoms with van der Waals surface area (Å²) in [5.41, 5.74) is 0.454. The van der Waals surface area contributed by atoms with Crippen LogP contribution in [0.15, 0.2) is 35.5 Å². The van der Waals surface area contributed by atoms with E-state index in [1.165, 1.54) is 29.2 Å². The molecule has 2 rings (SSSR count). The first-order valence-electron chi connectivity index (χ1n) is 3.88. The normalized spacial score (nSPS) is 10.8. The van der Waals surface area contributed by atoms with Crippen LogP contribution in [0.4, 0.5) is 0 Å². The second kappa shape index (κ2) is 5.02. The Morgan fingerprint density at radius 1 is 1.31 bits per heavy atom. The number of rotatable bonds is 2. The minimum absolute atomic E-state index is 0. The maximum atomic E-state index is 10.8. The Bertz CT molecular complexity index is 569. The van der Waals surface area contributed by atoms with E-state index in [9.17, 15) is 8.42 Å². The van der Waals surface area contributed by atoms with E-state index in [-0.39, 0.29) is 34.5 Å². The molecule has 0 aliphatic carbocycles. The fourth-order valence-corrected chi connectivity index (χ4v) is 1.59. The van der Waals surface area contributed by atoms with Crippen LogP contribution in [-0.4, -0.2) is 62.7 Å². The predicted octanol–water partition coefficient (Wildman–Crippen LogP) is -0.740. The van der Waals surface area contributed by atoms with Gasteiger partial charge in [-0.25, -0.2) is 4.68 Å². The molecule has 0 aliphatic rings. The summed E-state index contributed by atoms with van der Waals surface area (Å²) in [4.78, 5) is -0.199. The number of nitrogens with zero attached hydrogens (tertiary/aromatic N) is 4. The fraction of sp³-hybridized carbons (Fsp3) is 0. The molecule has 1 aromatic heterocycles. The van der Waals surface area contributed by atoms with Crippen LogP contribution in [0.25, 0.3) is 5.69 Å². The summed E-state index contributed by atoms with van der Waals surface area (Å²) >= 11 is 0. The Hall–Kier alpha value is -0.800. The third kappa shape index (κ3) is 2.86. The molecule has 1 aromatic carbocycles. The zero-order valence-corrected chi connectivity index (χ0v) is 8.16. The van der Waals surface area contributed by atoms with E-state index in [0.717, 1.165) is 0 Å². The average molecular weight is 250 g/mol. The first kappa shape index (κ1) is 13.3. The summed E-state index contributed by atoms with van der Waals surface area (Å²) in [6.07, 6.45) is 1.32. The van der Waals surface area contributed by atoms with Gasteiger partial charge in [-0.1, -0.05) is 6.07 Å². The third-order valence-corrected chi connectivity index (χ3v) is 2.58. The van der Waals surface area contributed by atoms with Gasteiger partial charge in [-0.15, -0.1) is 5.10 Å². The van der Waals surface area contributed by atoms with E-state index >= 15 is 0 Å². The molecule has 0 bridgehead atoms. The molecule has 2 aromatic rings. The van der Waals surface area contributed by atoms with Crippen LogP contribution in [-0.2, 0) is 10.1 Å². The number of hydrogen-bond donors (Lipinski definition) is 1. The van der Waals surface area contributed by atoms with E-state index in [1.54, 1.807) is 6.07 Å². The van der Waals surface area contributed by atoms with Crippen molar-refractivity contribution in [2.45, 2.75) is 4.90 Å². The minimum atomic E-state index is -4.20. The van der Waals surface area contributed by atoms with Crippen LogP contribution in [0.3, 0.4) is 0 Å². The topological polar surface area (TPSA) is 98.0 Å². The van der Waals surface area contributed by atoms with Crippen LogP contribution in [0.2, 0.25) is 0 Å². The molecule has 0 radical (unpaired) electrons. The zero-order valence-electron chi connectivity index (χ0n) is 7.35. The Balaban J connectivity index is 0.00000128. The number of tetrazole rings is 1. The zero-order chi connectivity index (χ0) is 10.9. The van der Waals surface area contributed by atoms with Crippen molar-refractivity contribution in [3.63, 3.8) is 0 Å². The molecule has 0 amide bonds. The van der Waals surface area contributed by atoms with Gasteiger partial charge < -0.3 is 0 Å². The van der Waals surface area contributed by atoms with Gasteiger partial charge in [0.25, 0.3) is 10.1 Å². The summed E-state index contributed by atoms with van der Waals surface area (Å²) in [6.45, 7) is 0. The molecular formula is C7H7N4NaO3S. The van der Waals surface area contributed by atoms with E-state index in [1.807, 2.05) is 0 Å². The van der Waals surface area contributed by atoms with Gasteiger partial charge in [0.2, 0.25) is 0 Å². The van der Waals surface area contributed by atoms with Crippen molar-refractivity contribution in [3.8, 4) is 5.69 Å². The molecule has 1 N–H and O–H groups in total. The standard InChI is InChI=1S/C7H6N4O3S.Na.H/c12-15(13,14)7-3-1-2-6(4-7)11-5-8-9-10-11;;/h1-5H,(H,12,13,14);;. The molecule has 80 valence electrons. The van der Waals surface area contributed by atoms with Gasteiger partial charge >= 0.3 is 29.6 Å². The summed E-state index contributed by atoms with van der Waals surface area (Å²) in [7, 11) is -4.20. The van der Waals surface area contributed by atoms with Crippen LogP contribution in [0.5, 0.6) is 0 Å². The Kier molecular flexibility index (Phi) is 4.16. The van der Waals surface area contributed by atoms with Crippen molar-refractivity contribution in [2.24, 2.45) is 0 Å². The quantitative estimate of drug-likeness (QED) is 0.557. The SMILES string of the molecule is O=S(=O)(O)c1cccc(-n2cnnn2)c1.[NaH]. The average Bonchev–Trinajstić information content (AvgIpc) is 2.69. The molecule has 16 heavy (non-hydrogen) atoms.